The minimum absolute atomic E-state index is 0.278. The van der Waals surface area contributed by atoms with E-state index in [4.69, 9.17) is 4.74 Å². The first-order valence-corrected chi connectivity index (χ1v) is 10.1. The number of aromatic nitrogens is 2. The summed E-state index contributed by atoms with van der Waals surface area (Å²) >= 11 is 6.70. The molecule has 2 aromatic carbocycles. The van der Waals surface area contributed by atoms with Crippen LogP contribution in [0.15, 0.2) is 62.7 Å². The van der Waals surface area contributed by atoms with E-state index in [1.54, 1.807) is 18.2 Å². The molecule has 1 aromatic heterocycles. The number of rotatable bonds is 7. The highest BCUT2D eigenvalue weighted by Crippen LogP contribution is 2.21. The van der Waals surface area contributed by atoms with Gasteiger partial charge in [-0.3, -0.25) is 19.6 Å². The number of carbonyl (C=O) groups excluding carboxylic acids is 1. The van der Waals surface area contributed by atoms with Crippen LogP contribution in [-0.4, -0.2) is 33.9 Å². The van der Waals surface area contributed by atoms with Crippen molar-refractivity contribution in [2.45, 2.75) is 6.54 Å². The van der Waals surface area contributed by atoms with Crippen molar-refractivity contribution >= 4 is 49.7 Å². The number of nitrogens with one attached hydrogen (secondary N) is 1. The largest absolute Gasteiger partial charge is 0.496 e. The molecule has 3 aromatic rings. The second-order valence-corrected chi connectivity index (χ2v) is 7.86. The van der Waals surface area contributed by atoms with Crippen LogP contribution in [-0.2, 0) is 6.54 Å². The third-order valence-electron chi connectivity index (χ3n) is 3.97. The summed E-state index contributed by atoms with van der Waals surface area (Å²) in [7, 11) is 1.51. The van der Waals surface area contributed by atoms with Crippen LogP contribution < -0.4 is 10.2 Å². The van der Waals surface area contributed by atoms with Crippen LogP contribution in [0.3, 0.4) is 0 Å². The number of hydrogen-bond acceptors (Lipinski definition) is 6. The number of nitro groups is 1. The van der Waals surface area contributed by atoms with Crippen LogP contribution in [0.4, 0.5) is 5.69 Å². The van der Waals surface area contributed by atoms with Crippen molar-refractivity contribution in [3.8, 4) is 5.75 Å². The van der Waals surface area contributed by atoms with E-state index in [0.717, 1.165) is 14.5 Å². The van der Waals surface area contributed by atoms with Gasteiger partial charge >= 0.3 is 5.69 Å². The molecular formula is C19H15Br2N5O4. The molecule has 1 amide bonds. The predicted octanol–water partition coefficient (Wildman–Crippen LogP) is 4.14. The van der Waals surface area contributed by atoms with Gasteiger partial charge < -0.3 is 4.74 Å². The lowest BCUT2D eigenvalue weighted by molar-refractivity contribution is -0.385. The number of hydrogen-bond donors (Lipinski definition) is 1. The van der Waals surface area contributed by atoms with E-state index in [0.29, 0.717) is 11.3 Å². The lowest BCUT2D eigenvalue weighted by Gasteiger charge is -2.04. The number of amides is 1. The predicted molar refractivity (Wildman–Crippen MR) is 118 cm³/mol. The van der Waals surface area contributed by atoms with E-state index < -0.39 is 16.5 Å². The molecule has 1 heterocycles. The maximum Gasteiger partial charge on any atom is 0.320 e. The third-order valence-corrected chi connectivity index (χ3v) is 5.00. The molecule has 11 heteroatoms. The first kappa shape index (κ1) is 21.7. The van der Waals surface area contributed by atoms with Crippen molar-refractivity contribution in [3.05, 3.63) is 84.5 Å². The Morgan fingerprint density at radius 3 is 2.63 bits per heavy atom. The van der Waals surface area contributed by atoms with Gasteiger partial charge in [-0.25, -0.2) is 5.43 Å². The van der Waals surface area contributed by atoms with Gasteiger partial charge in [0.05, 0.1) is 24.8 Å². The maximum absolute atomic E-state index is 12.4. The summed E-state index contributed by atoms with van der Waals surface area (Å²) in [5.41, 5.74) is 3.04. The number of ether oxygens (including phenoxy) is 1. The van der Waals surface area contributed by atoms with Gasteiger partial charge in [0.1, 0.15) is 11.9 Å². The second-order valence-electron chi connectivity index (χ2n) is 6.03. The molecule has 0 saturated heterocycles. The molecule has 0 atom stereocenters. The molecule has 154 valence electrons. The molecule has 0 aliphatic rings. The van der Waals surface area contributed by atoms with E-state index in [2.05, 4.69) is 47.5 Å². The van der Waals surface area contributed by atoms with Crippen molar-refractivity contribution in [2.24, 2.45) is 5.10 Å². The Morgan fingerprint density at radius 2 is 1.97 bits per heavy atom. The molecule has 1 N–H and O–H groups in total. The summed E-state index contributed by atoms with van der Waals surface area (Å²) in [6.45, 7) is 0.278. The number of benzene rings is 2. The topological polar surface area (TPSA) is 112 Å². The normalized spacial score (nSPS) is 10.9. The Bertz CT molecular complexity index is 1110. The Balaban J connectivity index is 1.78. The van der Waals surface area contributed by atoms with Crippen LogP contribution in [0, 0.1) is 10.1 Å². The van der Waals surface area contributed by atoms with Crippen LogP contribution >= 0.6 is 31.9 Å². The van der Waals surface area contributed by atoms with Gasteiger partial charge in [0, 0.05) is 14.5 Å². The average molecular weight is 537 g/mol. The minimum Gasteiger partial charge on any atom is -0.496 e. The minimum atomic E-state index is -0.790. The van der Waals surface area contributed by atoms with Crippen LogP contribution in [0.1, 0.15) is 21.6 Å². The molecule has 0 bridgehead atoms. The molecule has 0 aliphatic carbocycles. The Labute approximate surface area is 188 Å². The second kappa shape index (κ2) is 9.63. The third kappa shape index (κ3) is 5.30. The van der Waals surface area contributed by atoms with Crippen LogP contribution in [0.5, 0.6) is 5.75 Å². The summed E-state index contributed by atoms with van der Waals surface area (Å²) in [6, 6.07) is 12.7. The fourth-order valence-electron chi connectivity index (χ4n) is 2.58. The number of methoxy groups -OCH3 is 1. The molecule has 0 spiro atoms. The first-order chi connectivity index (χ1) is 14.4. The Morgan fingerprint density at radius 1 is 1.27 bits per heavy atom. The highest BCUT2D eigenvalue weighted by atomic mass is 79.9. The molecular weight excluding hydrogens is 522 g/mol. The van der Waals surface area contributed by atoms with Crippen molar-refractivity contribution < 1.29 is 14.5 Å². The summed E-state index contributed by atoms with van der Waals surface area (Å²) in [5.74, 6) is -0.234. The van der Waals surface area contributed by atoms with E-state index in [9.17, 15) is 14.9 Å². The summed E-state index contributed by atoms with van der Waals surface area (Å²) in [5, 5.41) is 19.3. The number of nitrogens with zero attached hydrogens (tertiary/aromatic N) is 4. The fourth-order valence-corrected chi connectivity index (χ4v) is 3.23. The maximum atomic E-state index is 12.4. The fraction of sp³-hybridized carbons (Fsp3) is 0.105. The summed E-state index contributed by atoms with van der Waals surface area (Å²) < 4.78 is 8.29. The van der Waals surface area contributed by atoms with Crippen molar-refractivity contribution in [1.82, 2.24) is 15.2 Å². The molecule has 0 saturated carbocycles. The quantitative estimate of drug-likeness (QED) is 0.277. The van der Waals surface area contributed by atoms with Crippen molar-refractivity contribution in [2.75, 3.05) is 7.11 Å². The van der Waals surface area contributed by atoms with Gasteiger partial charge in [-0.1, -0.05) is 44.0 Å². The van der Waals surface area contributed by atoms with Gasteiger partial charge in [-0.05, 0) is 35.9 Å². The lowest BCUT2D eigenvalue weighted by atomic mass is 10.2. The summed E-state index contributed by atoms with van der Waals surface area (Å²) in [6.07, 6.45) is 2.60. The van der Waals surface area contributed by atoms with E-state index >= 15 is 0 Å². The van der Waals surface area contributed by atoms with Crippen LogP contribution in [0.2, 0.25) is 0 Å². The Kier molecular flexibility index (Phi) is 6.95. The van der Waals surface area contributed by atoms with Crippen molar-refractivity contribution in [3.63, 3.8) is 0 Å². The number of carbonyl (C=O) groups is 1. The lowest BCUT2D eigenvalue weighted by Crippen LogP contribution is -2.19. The zero-order valence-corrected chi connectivity index (χ0v) is 18.8. The van der Waals surface area contributed by atoms with Crippen molar-refractivity contribution in [1.29, 1.82) is 0 Å². The van der Waals surface area contributed by atoms with Crippen LogP contribution in [0.25, 0.3) is 0 Å². The molecule has 9 nitrogen and oxygen atoms in total. The van der Waals surface area contributed by atoms with Gasteiger partial charge in [-0.15, -0.1) is 0 Å². The Hall–Kier alpha value is -3.05. The number of hydrazone groups is 1. The standard InChI is InChI=1S/C19H15Br2N5O4/c1-30-17-7-6-15(21)8-13(17)9-22-23-19(27)18-16(26(28)29)11-25(24-18)10-12-2-4-14(20)5-3-12/h2-9,11H,10H2,1H3,(H,23,27)/b22-9-. The van der Waals surface area contributed by atoms with E-state index in [-0.39, 0.29) is 12.2 Å². The molecule has 0 radical (unpaired) electrons. The monoisotopic (exact) mass is 535 g/mol. The number of halogens is 2. The van der Waals surface area contributed by atoms with Gasteiger partial charge in [0.25, 0.3) is 5.91 Å². The highest BCUT2D eigenvalue weighted by molar-refractivity contribution is 9.10. The molecule has 0 fully saturated rings. The molecule has 30 heavy (non-hydrogen) atoms. The van der Waals surface area contributed by atoms with Gasteiger partial charge in [0.2, 0.25) is 5.69 Å². The average Bonchev–Trinajstić information content (AvgIpc) is 3.14. The SMILES string of the molecule is COc1ccc(Br)cc1/C=N\NC(=O)c1nn(Cc2ccc(Br)cc2)cc1[N+](=O)[O-]. The molecule has 0 unspecified atom stereocenters. The summed E-state index contributed by atoms with van der Waals surface area (Å²) in [4.78, 5) is 23.1. The van der Waals surface area contributed by atoms with E-state index in [1.807, 2.05) is 24.3 Å². The first-order valence-electron chi connectivity index (χ1n) is 8.50. The van der Waals surface area contributed by atoms with E-state index in [1.165, 1.54) is 24.2 Å². The zero-order chi connectivity index (χ0) is 21.7. The van der Waals surface area contributed by atoms with Gasteiger partial charge in [0.15, 0.2) is 0 Å². The van der Waals surface area contributed by atoms with Gasteiger partial charge in [-0.2, -0.15) is 10.2 Å². The smallest absolute Gasteiger partial charge is 0.320 e. The molecule has 0 aliphatic heterocycles. The highest BCUT2D eigenvalue weighted by Gasteiger charge is 2.25. The zero-order valence-electron chi connectivity index (χ0n) is 15.6. The molecule has 3 rings (SSSR count).